The van der Waals surface area contributed by atoms with Crippen molar-refractivity contribution in [1.82, 2.24) is 5.32 Å². The van der Waals surface area contributed by atoms with Crippen LogP contribution in [0.5, 0.6) is 11.5 Å². The SMILES string of the molecule is O=C(CSc1cccc(NC(=O)/C(=C/c2cccc(Cl)c2)NC(=O)c2ccccc2)c1)Nc1ccc2c(c1)OCCO2. The van der Waals surface area contributed by atoms with Crippen LogP contribution in [0.25, 0.3) is 6.08 Å². The van der Waals surface area contributed by atoms with Gasteiger partial charge < -0.3 is 25.4 Å². The topological polar surface area (TPSA) is 106 Å². The molecule has 5 rings (SSSR count). The number of ether oxygens (including phenoxy) is 2. The van der Waals surface area contributed by atoms with Crippen LogP contribution in [0.4, 0.5) is 11.4 Å². The molecule has 42 heavy (non-hydrogen) atoms. The molecule has 4 aromatic carbocycles. The molecule has 0 spiro atoms. The molecule has 4 aromatic rings. The Morgan fingerprint density at radius 1 is 0.786 bits per heavy atom. The summed E-state index contributed by atoms with van der Waals surface area (Å²) in [7, 11) is 0. The van der Waals surface area contributed by atoms with Gasteiger partial charge in [-0.3, -0.25) is 14.4 Å². The van der Waals surface area contributed by atoms with Crippen molar-refractivity contribution in [2.45, 2.75) is 4.90 Å². The molecule has 0 unspecified atom stereocenters. The summed E-state index contributed by atoms with van der Waals surface area (Å²) in [5, 5.41) is 8.91. The van der Waals surface area contributed by atoms with Crippen molar-refractivity contribution in [2.24, 2.45) is 0 Å². The molecule has 1 heterocycles. The summed E-state index contributed by atoms with van der Waals surface area (Å²) in [6.45, 7) is 0.959. The summed E-state index contributed by atoms with van der Waals surface area (Å²) in [6, 6.07) is 27.9. The van der Waals surface area contributed by atoms with E-state index in [0.717, 1.165) is 4.90 Å². The maximum Gasteiger partial charge on any atom is 0.272 e. The summed E-state index contributed by atoms with van der Waals surface area (Å²) in [6.07, 6.45) is 1.56. The van der Waals surface area contributed by atoms with Crippen LogP contribution < -0.4 is 25.4 Å². The van der Waals surface area contributed by atoms with Gasteiger partial charge in [0.15, 0.2) is 11.5 Å². The first kappa shape index (κ1) is 28.8. The molecular formula is C32H26ClN3O5S. The fourth-order valence-corrected chi connectivity index (χ4v) is 4.99. The number of benzene rings is 4. The highest BCUT2D eigenvalue weighted by Crippen LogP contribution is 2.32. The minimum atomic E-state index is -0.516. The number of carbonyl (C=O) groups excluding carboxylic acids is 3. The quantitative estimate of drug-likeness (QED) is 0.155. The van der Waals surface area contributed by atoms with Gasteiger partial charge in [-0.2, -0.15) is 0 Å². The Balaban J connectivity index is 1.24. The molecule has 0 aromatic heterocycles. The Kier molecular flexibility index (Phi) is 9.43. The lowest BCUT2D eigenvalue weighted by Crippen LogP contribution is -2.30. The number of carbonyl (C=O) groups is 3. The van der Waals surface area contributed by atoms with Crippen LogP contribution in [-0.4, -0.2) is 36.7 Å². The van der Waals surface area contributed by atoms with E-state index in [2.05, 4.69) is 16.0 Å². The normalized spacial score (nSPS) is 12.3. The lowest BCUT2D eigenvalue weighted by Gasteiger charge is -2.19. The van der Waals surface area contributed by atoms with Crippen molar-refractivity contribution < 1.29 is 23.9 Å². The third-order valence-corrected chi connectivity index (χ3v) is 7.21. The Morgan fingerprint density at radius 3 is 2.36 bits per heavy atom. The Hall–Kier alpha value is -4.73. The van der Waals surface area contributed by atoms with Crippen molar-refractivity contribution in [3.05, 3.63) is 119 Å². The first-order valence-electron chi connectivity index (χ1n) is 13.0. The van der Waals surface area contributed by atoms with Gasteiger partial charge in [0.05, 0.1) is 5.75 Å². The zero-order valence-corrected chi connectivity index (χ0v) is 23.8. The summed E-state index contributed by atoms with van der Waals surface area (Å²) >= 11 is 7.44. The molecule has 0 radical (unpaired) electrons. The molecule has 10 heteroatoms. The first-order valence-corrected chi connectivity index (χ1v) is 14.4. The smallest absolute Gasteiger partial charge is 0.272 e. The molecule has 1 aliphatic rings. The minimum Gasteiger partial charge on any atom is -0.486 e. The van der Waals surface area contributed by atoms with Crippen molar-refractivity contribution in [3.8, 4) is 11.5 Å². The summed E-state index contributed by atoms with van der Waals surface area (Å²) in [5.41, 5.74) is 2.22. The van der Waals surface area contributed by atoms with Gasteiger partial charge in [0.25, 0.3) is 11.8 Å². The van der Waals surface area contributed by atoms with E-state index < -0.39 is 11.8 Å². The van der Waals surface area contributed by atoms with Gasteiger partial charge in [0, 0.05) is 32.9 Å². The van der Waals surface area contributed by atoms with E-state index in [9.17, 15) is 14.4 Å². The van der Waals surface area contributed by atoms with Gasteiger partial charge in [-0.15, -0.1) is 11.8 Å². The zero-order chi connectivity index (χ0) is 29.3. The summed E-state index contributed by atoms with van der Waals surface area (Å²) in [5.74, 6) is 0.266. The lowest BCUT2D eigenvalue weighted by atomic mass is 10.1. The lowest BCUT2D eigenvalue weighted by molar-refractivity contribution is -0.114. The van der Waals surface area contributed by atoms with Crippen LogP contribution in [0.1, 0.15) is 15.9 Å². The van der Waals surface area contributed by atoms with Gasteiger partial charge in [-0.05, 0) is 66.2 Å². The fraction of sp³-hybridized carbons (Fsp3) is 0.0938. The van der Waals surface area contributed by atoms with Crippen molar-refractivity contribution in [1.29, 1.82) is 0 Å². The van der Waals surface area contributed by atoms with Gasteiger partial charge in [-0.25, -0.2) is 0 Å². The van der Waals surface area contributed by atoms with E-state index in [0.29, 0.717) is 52.2 Å². The molecule has 212 valence electrons. The number of amides is 3. The van der Waals surface area contributed by atoms with Gasteiger partial charge in [0.2, 0.25) is 5.91 Å². The molecule has 8 nitrogen and oxygen atoms in total. The molecule has 1 aliphatic heterocycles. The molecule has 3 amide bonds. The molecule has 0 saturated heterocycles. The number of anilines is 2. The number of hydrogen-bond donors (Lipinski definition) is 3. The molecule has 0 atom stereocenters. The largest absolute Gasteiger partial charge is 0.486 e. The molecule has 0 bridgehead atoms. The summed E-state index contributed by atoms with van der Waals surface area (Å²) < 4.78 is 11.1. The van der Waals surface area contributed by atoms with Crippen LogP contribution in [0.3, 0.4) is 0 Å². The average molecular weight is 600 g/mol. The number of halogens is 1. The molecule has 0 aliphatic carbocycles. The maximum absolute atomic E-state index is 13.3. The highest BCUT2D eigenvalue weighted by atomic mass is 35.5. The number of hydrogen-bond acceptors (Lipinski definition) is 6. The zero-order valence-electron chi connectivity index (χ0n) is 22.3. The maximum atomic E-state index is 13.3. The van der Waals surface area contributed by atoms with Crippen LogP contribution in [0.15, 0.2) is 108 Å². The van der Waals surface area contributed by atoms with E-state index in [4.69, 9.17) is 21.1 Å². The summed E-state index contributed by atoms with van der Waals surface area (Å²) in [4.78, 5) is 39.6. The molecule has 3 N–H and O–H groups in total. The van der Waals surface area contributed by atoms with E-state index >= 15 is 0 Å². The number of thioether (sulfide) groups is 1. The number of nitrogens with one attached hydrogen (secondary N) is 3. The van der Waals surface area contributed by atoms with E-state index in [1.807, 2.05) is 6.07 Å². The Bertz CT molecular complexity index is 1640. The van der Waals surface area contributed by atoms with Crippen LogP contribution >= 0.6 is 23.4 Å². The van der Waals surface area contributed by atoms with Gasteiger partial charge >= 0.3 is 0 Å². The number of rotatable bonds is 9. The van der Waals surface area contributed by atoms with Crippen molar-refractivity contribution in [2.75, 3.05) is 29.6 Å². The van der Waals surface area contributed by atoms with Crippen LogP contribution in [0.2, 0.25) is 5.02 Å². The Labute approximate surface area is 252 Å². The third-order valence-electron chi connectivity index (χ3n) is 5.98. The minimum absolute atomic E-state index is 0.0444. The van der Waals surface area contributed by atoms with Crippen molar-refractivity contribution >= 4 is 58.5 Å². The average Bonchev–Trinajstić information content (AvgIpc) is 3.00. The van der Waals surface area contributed by atoms with E-state index in [-0.39, 0.29) is 17.4 Å². The highest BCUT2D eigenvalue weighted by Gasteiger charge is 2.16. The standard InChI is InChI=1S/C32H26ClN3O5S/c33-23-9-4-6-21(16-23)17-27(36-31(38)22-7-2-1-3-8-22)32(39)35-24-10-5-11-26(18-24)42-20-30(37)34-25-12-13-28-29(19-25)41-15-14-40-28/h1-13,16-19H,14-15,20H2,(H,34,37)(H,35,39)(H,36,38)/b27-17-. The molecule has 0 saturated carbocycles. The monoisotopic (exact) mass is 599 g/mol. The molecule has 0 fully saturated rings. The second-order valence-electron chi connectivity index (χ2n) is 9.11. The van der Waals surface area contributed by atoms with Gasteiger partial charge in [-0.1, -0.05) is 48.0 Å². The van der Waals surface area contributed by atoms with E-state index in [1.54, 1.807) is 97.1 Å². The first-order chi connectivity index (χ1) is 20.4. The van der Waals surface area contributed by atoms with E-state index in [1.165, 1.54) is 11.8 Å². The second kappa shape index (κ2) is 13.8. The molecular weight excluding hydrogens is 574 g/mol. The van der Waals surface area contributed by atoms with Crippen molar-refractivity contribution in [3.63, 3.8) is 0 Å². The van der Waals surface area contributed by atoms with Crippen LogP contribution in [-0.2, 0) is 9.59 Å². The highest BCUT2D eigenvalue weighted by molar-refractivity contribution is 8.00. The Morgan fingerprint density at radius 2 is 1.55 bits per heavy atom. The van der Waals surface area contributed by atoms with Gasteiger partial charge in [0.1, 0.15) is 18.9 Å². The predicted molar refractivity (Wildman–Crippen MR) is 165 cm³/mol. The second-order valence-corrected chi connectivity index (χ2v) is 10.6. The fourth-order valence-electron chi connectivity index (χ4n) is 4.03. The van der Waals surface area contributed by atoms with Crippen LogP contribution in [0, 0.1) is 0 Å². The number of fused-ring (bicyclic) bond motifs is 1. The predicted octanol–water partition coefficient (Wildman–Crippen LogP) is 6.25. The third kappa shape index (κ3) is 7.93.